The number of primary amides is 1. The summed E-state index contributed by atoms with van der Waals surface area (Å²) in [5.74, 6) is 0.615. The molecule has 1 aromatic heterocycles. The van der Waals surface area contributed by atoms with Crippen LogP contribution < -0.4 is 11.1 Å². The molecule has 7 heteroatoms. The predicted octanol–water partition coefficient (Wildman–Crippen LogP) is 2.36. The number of rotatable bonds is 3. The molecule has 21 heavy (non-hydrogen) atoms. The summed E-state index contributed by atoms with van der Waals surface area (Å²) < 4.78 is 13.4. The molecule has 2 heterocycles. The number of hydrogen-bond acceptors (Lipinski definition) is 5. The van der Waals surface area contributed by atoms with Crippen molar-refractivity contribution < 1.29 is 9.18 Å². The van der Waals surface area contributed by atoms with Crippen LogP contribution in [0.1, 0.15) is 28.5 Å². The van der Waals surface area contributed by atoms with E-state index in [1.54, 1.807) is 23.9 Å². The third-order valence-corrected chi connectivity index (χ3v) is 4.36. The summed E-state index contributed by atoms with van der Waals surface area (Å²) in [5, 5.41) is 3.22. The predicted molar refractivity (Wildman–Crippen MR) is 78.7 cm³/mol. The number of aromatic nitrogens is 2. The summed E-state index contributed by atoms with van der Waals surface area (Å²) in [6.45, 7) is 0. The standard InChI is InChI=1S/C14H13FN4OS/c15-8-1-2-12-9(5-8)10(3-4-21-12)19-13-7-17-11(6-18-13)14(16)20/h1-2,5-7,10H,3-4H2,(H2,16,20)(H,18,19)/t10-/m0/s1. The monoisotopic (exact) mass is 304 g/mol. The van der Waals surface area contributed by atoms with Gasteiger partial charge in [-0.3, -0.25) is 4.79 Å². The zero-order chi connectivity index (χ0) is 14.8. The lowest BCUT2D eigenvalue weighted by Gasteiger charge is -2.26. The first-order valence-electron chi connectivity index (χ1n) is 6.44. The van der Waals surface area contributed by atoms with Crippen molar-refractivity contribution in [2.24, 2.45) is 5.73 Å². The van der Waals surface area contributed by atoms with E-state index in [1.165, 1.54) is 18.5 Å². The summed E-state index contributed by atoms with van der Waals surface area (Å²) in [7, 11) is 0. The number of hydrogen-bond donors (Lipinski definition) is 2. The zero-order valence-electron chi connectivity index (χ0n) is 11.0. The van der Waals surface area contributed by atoms with Crippen LogP contribution in [-0.4, -0.2) is 21.6 Å². The van der Waals surface area contributed by atoms with Gasteiger partial charge < -0.3 is 11.1 Å². The molecule has 3 N–H and O–H groups in total. The molecular weight excluding hydrogens is 291 g/mol. The first-order chi connectivity index (χ1) is 10.1. The Bertz CT molecular complexity index is 677. The van der Waals surface area contributed by atoms with E-state index in [0.717, 1.165) is 22.6 Å². The molecule has 1 aliphatic heterocycles. The van der Waals surface area contributed by atoms with E-state index in [9.17, 15) is 9.18 Å². The largest absolute Gasteiger partial charge is 0.364 e. The van der Waals surface area contributed by atoms with E-state index in [0.29, 0.717) is 5.82 Å². The van der Waals surface area contributed by atoms with Crippen LogP contribution in [0.3, 0.4) is 0 Å². The number of anilines is 1. The Balaban J connectivity index is 1.83. The van der Waals surface area contributed by atoms with E-state index in [2.05, 4.69) is 15.3 Å². The van der Waals surface area contributed by atoms with Gasteiger partial charge in [0.1, 0.15) is 17.3 Å². The molecule has 0 unspecified atom stereocenters. The number of amides is 1. The van der Waals surface area contributed by atoms with Crippen LogP contribution >= 0.6 is 11.8 Å². The molecule has 1 aromatic carbocycles. The number of halogens is 1. The Kier molecular flexibility index (Phi) is 3.74. The highest BCUT2D eigenvalue weighted by Crippen LogP contribution is 2.37. The fourth-order valence-electron chi connectivity index (χ4n) is 2.22. The third kappa shape index (κ3) is 2.97. The fourth-order valence-corrected chi connectivity index (χ4v) is 3.33. The number of thioether (sulfide) groups is 1. The van der Waals surface area contributed by atoms with Crippen molar-refractivity contribution in [1.29, 1.82) is 0 Å². The first kappa shape index (κ1) is 13.8. The average molecular weight is 304 g/mol. The number of carbonyl (C=O) groups is 1. The van der Waals surface area contributed by atoms with Gasteiger partial charge in [0.15, 0.2) is 0 Å². The maximum atomic E-state index is 13.4. The van der Waals surface area contributed by atoms with Crippen LogP contribution in [-0.2, 0) is 0 Å². The van der Waals surface area contributed by atoms with Gasteiger partial charge in [-0.25, -0.2) is 14.4 Å². The number of nitrogens with one attached hydrogen (secondary N) is 1. The van der Waals surface area contributed by atoms with Crippen LogP contribution in [0, 0.1) is 5.82 Å². The Morgan fingerprint density at radius 2 is 2.24 bits per heavy atom. The first-order valence-corrected chi connectivity index (χ1v) is 7.42. The quantitative estimate of drug-likeness (QED) is 0.910. The van der Waals surface area contributed by atoms with E-state index < -0.39 is 5.91 Å². The molecule has 5 nitrogen and oxygen atoms in total. The van der Waals surface area contributed by atoms with Gasteiger partial charge in [0, 0.05) is 10.6 Å². The van der Waals surface area contributed by atoms with Gasteiger partial charge in [0.25, 0.3) is 5.91 Å². The summed E-state index contributed by atoms with van der Waals surface area (Å²) in [4.78, 5) is 20.1. The van der Waals surface area contributed by atoms with Gasteiger partial charge in [-0.05, 0) is 30.2 Å². The minimum atomic E-state index is -0.615. The van der Waals surface area contributed by atoms with Gasteiger partial charge in [0.05, 0.1) is 18.4 Å². The lowest BCUT2D eigenvalue weighted by molar-refractivity contribution is 0.0995. The highest BCUT2D eigenvalue weighted by Gasteiger charge is 2.21. The molecule has 0 spiro atoms. The highest BCUT2D eigenvalue weighted by molar-refractivity contribution is 7.99. The molecule has 108 valence electrons. The second kappa shape index (κ2) is 5.69. The van der Waals surface area contributed by atoms with Gasteiger partial charge in [-0.15, -0.1) is 11.8 Å². The van der Waals surface area contributed by atoms with Crippen LogP contribution in [0.2, 0.25) is 0 Å². The van der Waals surface area contributed by atoms with Crippen molar-refractivity contribution in [3.05, 3.63) is 47.7 Å². The molecule has 0 fully saturated rings. The molecule has 0 saturated heterocycles. The second-order valence-corrected chi connectivity index (χ2v) is 5.80. The number of carbonyl (C=O) groups excluding carboxylic acids is 1. The Hall–Kier alpha value is -2.15. The normalized spacial score (nSPS) is 17.1. The second-order valence-electron chi connectivity index (χ2n) is 4.67. The summed E-state index contributed by atoms with van der Waals surface area (Å²) in [5.41, 5.74) is 6.16. The Morgan fingerprint density at radius 1 is 1.38 bits per heavy atom. The number of fused-ring (bicyclic) bond motifs is 1. The lowest BCUT2D eigenvalue weighted by atomic mass is 10.0. The molecule has 2 aromatic rings. The molecule has 0 bridgehead atoms. The molecule has 0 aliphatic carbocycles. The number of nitrogens with zero attached hydrogens (tertiary/aromatic N) is 2. The molecule has 0 saturated carbocycles. The summed E-state index contributed by atoms with van der Waals surface area (Å²) in [6.07, 6.45) is 3.65. The molecule has 3 rings (SSSR count). The molecular formula is C14H13FN4OS. The average Bonchev–Trinajstić information content (AvgIpc) is 2.48. The van der Waals surface area contributed by atoms with E-state index >= 15 is 0 Å². The van der Waals surface area contributed by atoms with Crippen LogP contribution in [0.5, 0.6) is 0 Å². The third-order valence-electron chi connectivity index (χ3n) is 3.24. The van der Waals surface area contributed by atoms with E-state index in [1.807, 2.05) is 0 Å². The van der Waals surface area contributed by atoms with Gasteiger partial charge >= 0.3 is 0 Å². The molecule has 1 aliphatic rings. The minimum absolute atomic E-state index is 0.0225. The lowest BCUT2D eigenvalue weighted by Crippen LogP contribution is -2.18. The van der Waals surface area contributed by atoms with Crippen molar-refractivity contribution in [3.8, 4) is 0 Å². The van der Waals surface area contributed by atoms with Crippen LogP contribution in [0.4, 0.5) is 10.2 Å². The van der Waals surface area contributed by atoms with Crippen LogP contribution in [0.25, 0.3) is 0 Å². The smallest absolute Gasteiger partial charge is 0.268 e. The van der Waals surface area contributed by atoms with E-state index in [-0.39, 0.29) is 17.6 Å². The van der Waals surface area contributed by atoms with Crippen molar-refractivity contribution in [2.45, 2.75) is 17.4 Å². The maximum Gasteiger partial charge on any atom is 0.268 e. The Labute approximate surface area is 125 Å². The van der Waals surface area contributed by atoms with Crippen molar-refractivity contribution in [3.63, 3.8) is 0 Å². The van der Waals surface area contributed by atoms with Gasteiger partial charge in [-0.2, -0.15) is 0 Å². The SMILES string of the molecule is NC(=O)c1cnc(N[C@H]2CCSc3ccc(F)cc32)cn1. The van der Waals surface area contributed by atoms with Crippen molar-refractivity contribution >= 4 is 23.5 Å². The number of benzene rings is 1. The maximum absolute atomic E-state index is 13.4. The van der Waals surface area contributed by atoms with Gasteiger partial charge in [0.2, 0.25) is 0 Å². The summed E-state index contributed by atoms with van der Waals surface area (Å²) >= 11 is 1.71. The minimum Gasteiger partial charge on any atom is -0.364 e. The topological polar surface area (TPSA) is 80.9 Å². The van der Waals surface area contributed by atoms with Crippen LogP contribution in [0.15, 0.2) is 35.5 Å². The molecule has 1 amide bonds. The van der Waals surface area contributed by atoms with Crippen molar-refractivity contribution in [1.82, 2.24) is 9.97 Å². The molecule has 0 radical (unpaired) electrons. The van der Waals surface area contributed by atoms with Crippen molar-refractivity contribution in [2.75, 3.05) is 11.1 Å². The molecule has 1 atom stereocenters. The number of nitrogens with two attached hydrogens (primary N) is 1. The fraction of sp³-hybridized carbons (Fsp3) is 0.214. The summed E-state index contributed by atoms with van der Waals surface area (Å²) in [6, 6.07) is 4.79. The van der Waals surface area contributed by atoms with E-state index in [4.69, 9.17) is 5.73 Å². The highest BCUT2D eigenvalue weighted by atomic mass is 32.2. The Morgan fingerprint density at radius 3 is 2.95 bits per heavy atom. The zero-order valence-corrected chi connectivity index (χ0v) is 11.9. The van der Waals surface area contributed by atoms with Gasteiger partial charge in [-0.1, -0.05) is 0 Å².